The van der Waals surface area contributed by atoms with E-state index in [2.05, 4.69) is 35.1 Å². The number of rotatable bonds is 3. The highest BCUT2D eigenvalue weighted by atomic mass is 32.1. The Balaban J connectivity index is 2.23. The number of hydrogen-bond donors (Lipinski definition) is 2. The van der Waals surface area contributed by atoms with Crippen molar-refractivity contribution in [3.8, 4) is 21.0 Å². The van der Waals surface area contributed by atoms with Crippen molar-refractivity contribution in [1.82, 2.24) is 9.97 Å². The second-order valence-electron chi connectivity index (χ2n) is 4.71. The number of aromatic nitrogens is 2. The highest BCUT2D eigenvalue weighted by molar-refractivity contribution is 7.21. The minimum atomic E-state index is 0.559. The number of anilines is 2. The summed E-state index contributed by atoms with van der Waals surface area (Å²) in [5, 5.41) is 1.13. The maximum Gasteiger partial charge on any atom is 0.181 e. The van der Waals surface area contributed by atoms with Gasteiger partial charge < -0.3 is 11.5 Å². The first-order valence-electron chi connectivity index (χ1n) is 6.68. The topological polar surface area (TPSA) is 77.8 Å². The Morgan fingerprint density at radius 2 is 1.67 bits per heavy atom. The fraction of sp³-hybridized carbons (Fsp3) is 0.200. The molecule has 3 rings (SSSR count). The summed E-state index contributed by atoms with van der Waals surface area (Å²) < 4.78 is 0. The van der Waals surface area contributed by atoms with Crippen molar-refractivity contribution in [3.63, 3.8) is 0 Å². The molecule has 0 unspecified atom stereocenters. The highest BCUT2D eigenvalue weighted by Gasteiger charge is 2.19. The second-order valence-corrected chi connectivity index (χ2v) is 6.77. The Morgan fingerprint density at radius 3 is 2.33 bits per heavy atom. The van der Waals surface area contributed by atoms with Crippen LogP contribution in [0.15, 0.2) is 24.3 Å². The third kappa shape index (κ3) is 2.52. The Bertz CT molecular complexity index is 789. The number of thiazole rings is 2. The second kappa shape index (κ2) is 5.46. The quantitative estimate of drug-likeness (QED) is 0.766. The van der Waals surface area contributed by atoms with E-state index in [1.807, 2.05) is 13.0 Å². The largest absolute Gasteiger partial charge is 0.375 e. The van der Waals surface area contributed by atoms with Crippen LogP contribution in [0, 0.1) is 6.92 Å². The van der Waals surface area contributed by atoms with Gasteiger partial charge in [0.2, 0.25) is 0 Å². The standard InChI is InChI=1S/C15H16N4S2/c1-3-9-6-4-5-7-10(9)13-11(19-15(17)21-13)12-8(2)18-14(16)20-12/h4-7H,3H2,1-2H3,(H2,16,18)(H2,17,19). The van der Waals surface area contributed by atoms with Gasteiger partial charge >= 0.3 is 0 Å². The number of hydrogen-bond acceptors (Lipinski definition) is 6. The van der Waals surface area contributed by atoms with Gasteiger partial charge in [0.1, 0.15) is 5.69 Å². The van der Waals surface area contributed by atoms with Crippen LogP contribution in [0.1, 0.15) is 18.2 Å². The lowest BCUT2D eigenvalue weighted by atomic mass is 10.0. The van der Waals surface area contributed by atoms with Crippen molar-refractivity contribution in [2.45, 2.75) is 20.3 Å². The lowest BCUT2D eigenvalue weighted by Crippen LogP contribution is -1.88. The van der Waals surface area contributed by atoms with Crippen LogP contribution in [-0.4, -0.2) is 9.97 Å². The van der Waals surface area contributed by atoms with Crippen LogP contribution in [-0.2, 0) is 6.42 Å². The number of aryl methyl sites for hydroxylation is 2. The summed E-state index contributed by atoms with van der Waals surface area (Å²) in [6, 6.07) is 8.36. The molecule has 0 spiro atoms. The van der Waals surface area contributed by atoms with Gasteiger partial charge in [-0.05, 0) is 24.5 Å². The number of benzene rings is 1. The molecule has 0 amide bonds. The molecule has 21 heavy (non-hydrogen) atoms. The van der Waals surface area contributed by atoms with Crippen LogP contribution in [0.5, 0.6) is 0 Å². The van der Waals surface area contributed by atoms with Crippen molar-refractivity contribution >= 4 is 32.9 Å². The summed E-state index contributed by atoms with van der Waals surface area (Å²) in [5.74, 6) is 0. The van der Waals surface area contributed by atoms with E-state index in [1.54, 1.807) is 0 Å². The van der Waals surface area contributed by atoms with Crippen molar-refractivity contribution in [2.75, 3.05) is 11.5 Å². The van der Waals surface area contributed by atoms with Gasteiger partial charge in [-0.3, -0.25) is 0 Å². The van der Waals surface area contributed by atoms with Crippen LogP contribution >= 0.6 is 22.7 Å². The smallest absolute Gasteiger partial charge is 0.181 e. The fourth-order valence-electron chi connectivity index (χ4n) is 2.36. The van der Waals surface area contributed by atoms with Gasteiger partial charge in [-0.25, -0.2) is 9.97 Å². The highest BCUT2D eigenvalue weighted by Crippen LogP contribution is 2.42. The molecule has 6 heteroatoms. The fourth-order valence-corrected chi connectivity index (χ4v) is 4.15. The predicted octanol–water partition coefficient (Wildman–Crippen LogP) is 3.97. The van der Waals surface area contributed by atoms with E-state index < -0.39 is 0 Å². The van der Waals surface area contributed by atoms with Crippen molar-refractivity contribution in [2.24, 2.45) is 0 Å². The molecule has 0 radical (unpaired) electrons. The van der Waals surface area contributed by atoms with Gasteiger partial charge in [-0.1, -0.05) is 53.9 Å². The maximum absolute atomic E-state index is 5.96. The average Bonchev–Trinajstić information content (AvgIpc) is 3.01. The minimum Gasteiger partial charge on any atom is -0.375 e. The number of nitrogens with zero attached hydrogens (tertiary/aromatic N) is 2. The molecule has 2 aromatic heterocycles. The molecule has 2 heterocycles. The summed E-state index contributed by atoms with van der Waals surface area (Å²) in [6.45, 7) is 4.10. The van der Waals surface area contributed by atoms with E-state index in [1.165, 1.54) is 33.8 Å². The van der Waals surface area contributed by atoms with Crippen LogP contribution in [0.2, 0.25) is 0 Å². The van der Waals surface area contributed by atoms with E-state index in [0.29, 0.717) is 10.3 Å². The molecule has 0 aliphatic heterocycles. The molecule has 1 aromatic carbocycles. The molecular formula is C15H16N4S2. The Labute approximate surface area is 131 Å². The van der Waals surface area contributed by atoms with E-state index in [9.17, 15) is 0 Å². The first kappa shape index (κ1) is 14.0. The molecule has 0 aliphatic rings. The molecule has 108 valence electrons. The molecule has 0 bridgehead atoms. The molecule has 4 N–H and O–H groups in total. The number of nitrogen functional groups attached to an aromatic ring is 2. The first-order valence-corrected chi connectivity index (χ1v) is 8.31. The van der Waals surface area contributed by atoms with E-state index in [4.69, 9.17) is 11.5 Å². The lowest BCUT2D eigenvalue weighted by Gasteiger charge is -2.07. The van der Waals surface area contributed by atoms with Gasteiger partial charge in [-0.2, -0.15) is 0 Å². The van der Waals surface area contributed by atoms with Crippen molar-refractivity contribution < 1.29 is 0 Å². The lowest BCUT2D eigenvalue weighted by molar-refractivity contribution is 1.14. The molecule has 4 nitrogen and oxygen atoms in total. The Morgan fingerprint density at radius 1 is 1.00 bits per heavy atom. The zero-order chi connectivity index (χ0) is 15.0. The average molecular weight is 316 g/mol. The monoisotopic (exact) mass is 316 g/mol. The zero-order valence-corrected chi connectivity index (χ0v) is 13.5. The minimum absolute atomic E-state index is 0.559. The molecule has 3 aromatic rings. The van der Waals surface area contributed by atoms with Crippen LogP contribution in [0.3, 0.4) is 0 Å². The Kier molecular flexibility index (Phi) is 3.65. The SMILES string of the molecule is CCc1ccccc1-c1sc(N)nc1-c1sc(N)nc1C. The molecular weight excluding hydrogens is 300 g/mol. The van der Waals surface area contributed by atoms with Gasteiger partial charge in [0.25, 0.3) is 0 Å². The van der Waals surface area contributed by atoms with Gasteiger partial charge in [-0.15, -0.1) is 0 Å². The maximum atomic E-state index is 5.96. The third-order valence-corrected chi connectivity index (χ3v) is 5.23. The summed E-state index contributed by atoms with van der Waals surface area (Å²) in [4.78, 5) is 10.9. The normalized spacial score (nSPS) is 11.0. The summed E-state index contributed by atoms with van der Waals surface area (Å²) >= 11 is 2.97. The van der Waals surface area contributed by atoms with Gasteiger partial charge in [0, 0.05) is 0 Å². The third-order valence-electron chi connectivity index (χ3n) is 3.31. The summed E-state index contributed by atoms with van der Waals surface area (Å²) in [5.41, 5.74) is 16.1. The van der Waals surface area contributed by atoms with E-state index >= 15 is 0 Å². The molecule has 0 saturated heterocycles. The van der Waals surface area contributed by atoms with Gasteiger partial charge in [0.05, 0.1) is 15.4 Å². The summed E-state index contributed by atoms with van der Waals surface area (Å²) in [7, 11) is 0. The number of nitrogens with two attached hydrogens (primary N) is 2. The molecule has 0 atom stereocenters. The van der Waals surface area contributed by atoms with E-state index in [0.717, 1.165) is 27.6 Å². The Hall–Kier alpha value is -1.92. The summed E-state index contributed by atoms with van der Waals surface area (Å²) in [6.07, 6.45) is 0.969. The van der Waals surface area contributed by atoms with Crippen molar-refractivity contribution in [3.05, 3.63) is 35.5 Å². The molecule has 0 fully saturated rings. The predicted molar refractivity (Wildman–Crippen MR) is 91.6 cm³/mol. The van der Waals surface area contributed by atoms with E-state index in [-0.39, 0.29) is 0 Å². The van der Waals surface area contributed by atoms with Crippen LogP contribution in [0.4, 0.5) is 10.3 Å². The molecule has 0 saturated carbocycles. The molecule has 0 aliphatic carbocycles. The van der Waals surface area contributed by atoms with Crippen molar-refractivity contribution in [1.29, 1.82) is 0 Å². The van der Waals surface area contributed by atoms with Crippen LogP contribution < -0.4 is 11.5 Å². The zero-order valence-electron chi connectivity index (χ0n) is 11.9. The van der Waals surface area contributed by atoms with Gasteiger partial charge in [0.15, 0.2) is 10.3 Å². The first-order chi connectivity index (χ1) is 10.1. The van der Waals surface area contributed by atoms with Crippen LogP contribution in [0.25, 0.3) is 21.0 Å².